The summed E-state index contributed by atoms with van der Waals surface area (Å²) in [5.74, 6) is 0.841. The van der Waals surface area contributed by atoms with E-state index in [2.05, 4.69) is 5.32 Å². The molecule has 0 aromatic heterocycles. The zero-order chi connectivity index (χ0) is 22.4. The van der Waals surface area contributed by atoms with Crippen LogP contribution < -0.4 is 19.5 Å². The summed E-state index contributed by atoms with van der Waals surface area (Å²) in [7, 11) is -0.566. The molecule has 10 heteroatoms. The van der Waals surface area contributed by atoms with E-state index in [9.17, 15) is 13.2 Å². The Morgan fingerprint density at radius 1 is 1.00 bits per heavy atom. The van der Waals surface area contributed by atoms with Crippen LogP contribution >= 0.6 is 11.6 Å². The first-order valence-electron chi connectivity index (χ1n) is 9.79. The van der Waals surface area contributed by atoms with E-state index in [1.807, 2.05) is 0 Å². The van der Waals surface area contributed by atoms with Gasteiger partial charge in [0.05, 0.1) is 24.1 Å². The summed E-state index contributed by atoms with van der Waals surface area (Å²) in [5, 5.41) is 2.81. The minimum Gasteiger partial charge on any atom is -0.493 e. The van der Waals surface area contributed by atoms with Crippen molar-refractivity contribution in [2.75, 3.05) is 39.2 Å². The number of carbonyl (C=O) groups excluding carboxylic acids is 1. The van der Waals surface area contributed by atoms with E-state index in [4.69, 9.17) is 25.8 Å². The Hall–Kier alpha value is -2.49. The Morgan fingerprint density at radius 3 is 2.32 bits per heavy atom. The molecule has 2 aromatic carbocycles. The molecule has 0 aliphatic carbocycles. The zero-order valence-electron chi connectivity index (χ0n) is 17.4. The largest absolute Gasteiger partial charge is 0.493 e. The van der Waals surface area contributed by atoms with Gasteiger partial charge in [0.1, 0.15) is 5.75 Å². The van der Waals surface area contributed by atoms with E-state index in [1.54, 1.807) is 18.2 Å². The fraction of sp³-hybridized carbons (Fsp3) is 0.381. The van der Waals surface area contributed by atoms with Crippen LogP contribution in [-0.2, 0) is 14.8 Å². The molecule has 31 heavy (non-hydrogen) atoms. The number of carbonyl (C=O) groups is 1. The maximum Gasteiger partial charge on any atom is 0.262 e. The summed E-state index contributed by atoms with van der Waals surface area (Å²) in [6.45, 7) is 0.718. The van der Waals surface area contributed by atoms with Gasteiger partial charge in [-0.15, -0.1) is 0 Å². The highest BCUT2D eigenvalue weighted by atomic mass is 35.5. The van der Waals surface area contributed by atoms with Gasteiger partial charge in [-0.1, -0.05) is 18.0 Å². The number of anilines is 1. The number of piperidine rings is 1. The standard InChI is InChI=1S/C21H25ClN2O6S/c1-28-19-8-6-15(12-20(19)29-2)23-21(25)14-30-18-9-7-16(13-17(18)22)31(26,27)24-10-4-3-5-11-24/h6-9,12-13H,3-5,10-11,14H2,1-2H3,(H,23,25). The zero-order valence-corrected chi connectivity index (χ0v) is 19.0. The fourth-order valence-electron chi connectivity index (χ4n) is 3.27. The lowest BCUT2D eigenvalue weighted by atomic mass is 10.2. The van der Waals surface area contributed by atoms with Gasteiger partial charge < -0.3 is 19.5 Å². The second-order valence-corrected chi connectivity index (χ2v) is 9.31. The van der Waals surface area contributed by atoms with Gasteiger partial charge in [-0.25, -0.2) is 8.42 Å². The summed E-state index contributed by atoms with van der Waals surface area (Å²) >= 11 is 6.22. The monoisotopic (exact) mass is 468 g/mol. The van der Waals surface area contributed by atoms with Crippen molar-refractivity contribution in [1.29, 1.82) is 0 Å². The Kier molecular flexibility index (Phi) is 7.64. The molecule has 1 saturated heterocycles. The molecule has 1 aliphatic rings. The summed E-state index contributed by atoms with van der Waals surface area (Å²) in [5.41, 5.74) is 0.514. The number of ether oxygens (including phenoxy) is 3. The molecule has 1 amide bonds. The Bertz CT molecular complexity index is 1040. The van der Waals surface area contributed by atoms with Crippen molar-refractivity contribution in [3.05, 3.63) is 41.4 Å². The van der Waals surface area contributed by atoms with Crippen molar-refractivity contribution in [1.82, 2.24) is 4.31 Å². The first kappa shape index (κ1) is 23.2. The number of nitrogens with one attached hydrogen (secondary N) is 1. The lowest BCUT2D eigenvalue weighted by Gasteiger charge is -2.26. The highest BCUT2D eigenvalue weighted by Gasteiger charge is 2.26. The molecule has 3 rings (SSSR count). The van der Waals surface area contributed by atoms with E-state index >= 15 is 0 Å². The number of hydrogen-bond donors (Lipinski definition) is 1. The van der Waals surface area contributed by atoms with Crippen LogP contribution in [0.25, 0.3) is 0 Å². The van der Waals surface area contributed by atoms with Crippen molar-refractivity contribution in [3.8, 4) is 17.2 Å². The number of halogens is 1. The summed E-state index contributed by atoms with van der Waals surface area (Å²) in [6, 6.07) is 9.23. The smallest absolute Gasteiger partial charge is 0.262 e. The van der Waals surface area contributed by atoms with E-state index in [0.29, 0.717) is 30.3 Å². The molecule has 1 aliphatic heterocycles. The molecule has 0 spiro atoms. The molecule has 0 atom stereocenters. The Morgan fingerprint density at radius 2 is 1.68 bits per heavy atom. The number of sulfonamides is 1. The van der Waals surface area contributed by atoms with E-state index in [-0.39, 0.29) is 22.3 Å². The molecule has 0 saturated carbocycles. The summed E-state index contributed by atoms with van der Waals surface area (Å²) < 4.78 is 42.8. The molecule has 0 unspecified atom stereocenters. The lowest BCUT2D eigenvalue weighted by molar-refractivity contribution is -0.118. The second kappa shape index (κ2) is 10.2. The average Bonchev–Trinajstić information content (AvgIpc) is 2.78. The molecule has 0 bridgehead atoms. The molecule has 2 aromatic rings. The molecule has 1 N–H and O–H groups in total. The lowest BCUT2D eigenvalue weighted by Crippen LogP contribution is -2.35. The summed E-state index contributed by atoms with van der Waals surface area (Å²) in [6.07, 6.45) is 2.73. The maximum atomic E-state index is 12.8. The van der Waals surface area contributed by atoms with Crippen LogP contribution in [0.2, 0.25) is 5.02 Å². The molecule has 1 heterocycles. The highest BCUT2D eigenvalue weighted by Crippen LogP contribution is 2.31. The van der Waals surface area contributed by atoms with Gasteiger partial charge in [-0.2, -0.15) is 4.31 Å². The van der Waals surface area contributed by atoms with Crippen molar-refractivity contribution < 1.29 is 27.4 Å². The number of amides is 1. The topological polar surface area (TPSA) is 94.2 Å². The molecule has 8 nitrogen and oxygen atoms in total. The first-order valence-corrected chi connectivity index (χ1v) is 11.6. The minimum atomic E-state index is -3.59. The van der Waals surface area contributed by atoms with Gasteiger partial charge in [0.25, 0.3) is 5.91 Å². The number of methoxy groups -OCH3 is 2. The van der Waals surface area contributed by atoms with E-state index < -0.39 is 15.9 Å². The molecular formula is C21H25ClN2O6S. The normalized spacial score (nSPS) is 14.7. The van der Waals surface area contributed by atoms with Crippen LogP contribution in [-0.4, -0.2) is 52.5 Å². The Labute approximate surface area is 187 Å². The van der Waals surface area contributed by atoms with Crippen molar-refractivity contribution in [3.63, 3.8) is 0 Å². The van der Waals surface area contributed by atoms with Crippen molar-refractivity contribution >= 4 is 33.2 Å². The average molecular weight is 469 g/mol. The van der Waals surface area contributed by atoms with Gasteiger partial charge in [-0.3, -0.25) is 4.79 Å². The number of nitrogens with zero attached hydrogens (tertiary/aromatic N) is 1. The SMILES string of the molecule is COc1ccc(NC(=O)COc2ccc(S(=O)(=O)N3CCCCC3)cc2Cl)cc1OC. The van der Waals surface area contributed by atoms with Crippen LogP contribution in [0, 0.1) is 0 Å². The predicted octanol–water partition coefficient (Wildman–Crippen LogP) is 3.55. The number of hydrogen-bond acceptors (Lipinski definition) is 6. The van der Waals surface area contributed by atoms with Crippen LogP contribution in [0.15, 0.2) is 41.3 Å². The van der Waals surface area contributed by atoms with Crippen molar-refractivity contribution in [2.24, 2.45) is 0 Å². The fourth-order valence-corrected chi connectivity index (χ4v) is 5.11. The van der Waals surface area contributed by atoms with E-state index in [0.717, 1.165) is 19.3 Å². The summed E-state index contributed by atoms with van der Waals surface area (Å²) in [4.78, 5) is 12.3. The predicted molar refractivity (Wildman–Crippen MR) is 118 cm³/mol. The van der Waals surface area contributed by atoms with E-state index in [1.165, 1.54) is 36.7 Å². The molecule has 168 valence electrons. The minimum absolute atomic E-state index is 0.113. The quantitative estimate of drug-likeness (QED) is 0.636. The van der Waals surface area contributed by atoms with Crippen molar-refractivity contribution in [2.45, 2.75) is 24.2 Å². The first-order chi connectivity index (χ1) is 14.8. The third-order valence-electron chi connectivity index (χ3n) is 4.88. The van der Waals surface area contributed by atoms with Gasteiger partial charge in [-0.05, 0) is 43.2 Å². The van der Waals surface area contributed by atoms with Gasteiger partial charge in [0.2, 0.25) is 10.0 Å². The maximum absolute atomic E-state index is 12.8. The molecular weight excluding hydrogens is 444 g/mol. The molecule has 0 radical (unpaired) electrons. The van der Waals surface area contributed by atoms with Crippen LogP contribution in [0.4, 0.5) is 5.69 Å². The third kappa shape index (κ3) is 5.61. The van der Waals surface area contributed by atoms with Gasteiger partial charge in [0, 0.05) is 24.8 Å². The highest BCUT2D eigenvalue weighted by molar-refractivity contribution is 7.89. The third-order valence-corrected chi connectivity index (χ3v) is 7.07. The van der Waals surface area contributed by atoms with Gasteiger partial charge in [0.15, 0.2) is 18.1 Å². The van der Waals surface area contributed by atoms with Gasteiger partial charge >= 0.3 is 0 Å². The number of benzene rings is 2. The molecule has 1 fully saturated rings. The Balaban J connectivity index is 1.62. The van der Waals surface area contributed by atoms with Crippen LogP contribution in [0.1, 0.15) is 19.3 Å². The second-order valence-electron chi connectivity index (χ2n) is 6.96. The van der Waals surface area contributed by atoms with Crippen LogP contribution in [0.3, 0.4) is 0 Å². The van der Waals surface area contributed by atoms with Crippen LogP contribution in [0.5, 0.6) is 17.2 Å². The number of rotatable bonds is 8.